The van der Waals surface area contributed by atoms with Gasteiger partial charge in [-0.05, 0) is 69.0 Å². The third-order valence-electron chi connectivity index (χ3n) is 7.23. The van der Waals surface area contributed by atoms with Crippen molar-refractivity contribution in [2.24, 2.45) is 0 Å². The summed E-state index contributed by atoms with van der Waals surface area (Å²) in [5.41, 5.74) is 4.33. The maximum atomic E-state index is 13.0. The zero-order valence-electron chi connectivity index (χ0n) is 19.6. The Morgan fingerprint density at radius 3 is 2.70 bits per heavy atom. The van der Waals surface area contributed by atoms with Gasteiger partial charge in [-0.2, -0.15) is 0 Å². The van der Waals surface area contributed by atoms with Gasteiger partial charge in [-0.3, -0.25) is 0 Å². The lowest BCUT2D eigenvalue weighted by Crippen LogP contribution is -2.58. The molecule has 176 valence electrons. The Labute approximate surface area is 210 Å². The van der Waals surface area contributed by atoms with Gasteiger partial charge in [-0.25, -0.2) is 4.79 Å². The van der Waals surface area contributed by atoms with Gasteiger partial charge in [-0.15, -0.1) is 11.8 Å². The number of halogens is 2. The molecule has 2 unspecified atom stereocenters. The quantitative estimate of drug-likeness (QED) is 0.424. The number of ether oxygens (including phenoxy) is 1. The number of fused-ring (bicyclic) bond motifs is 3. The summed E-state index contributed by atoms with van der Waals surface area (Å²) in [6, 6.07) is 10.3. The molecule has 0 saturated carbocycles. The van der Waals surface area contributed by atoms with Crippen LogP contribution in [0.25, 0.3) is 11.1 Å². The van der Waals surface area contributed by atoms with Crippen LogP contribution in [0.5, 0.6) is 0 Å². The number of hydrogen-bond donors (Lipinski definition) is 0. The molecular formula is C26H30Cl2N2O2S. The molecule has 7 heteroatoms. The number of rotatable bonds is 2. The SMILES string of the molecule is CCC12CCN(C(=O)OC(C)(C)C)CC1c1cc(-c3ccc(Cl)cc3Cl)cc3c1N2CCS3. The largest absolute Gasteiger partial charge is 0.444 e. The minimum atomic E-state index is -0.499. The van der Waals surface area contributed by atoms with Gasteiger partial charge < -0.3 is 14.5 Å². The first-order chi connectivity index (χ1) is 15.6. The fourth-order valence-corrected chi connectivity index (χ4v) is 7.37. The first kappa shape index (κ1) is 23.2. The Morgan fingerprint density at radius 1 is 1.21 bits per heavy atom. The summed E-state index contributed by atoms with van der Waals surface area (Å²) < 4.78 is 5.73. The lowest BCUT2D eigenvalue weighted by molar-refractivity contribution is 0.0138. The molecule has 0 radical (unpaired) electrons. The molecule has 0 aliphatic carbocycles. The van der Waals surface area contributed by atoms with E-state index in [1.54, 1.807) is 6.07 Å². The van der Waals surface area contributed by atoms with Gasteiger partial charge in [0.15, 0.2) is 0 Å². The van der Waals surface area contributed by atoms with E-state index < -0.39 is 5.60 Å². The first-order valence-electron chi connectivity index (χ1n) is 11.6. The highest BCUT2D eigenvalue weighted by Gasteiger charge is 2.55. The Bertz CT molecular complexity index is 1120. The van der Waals surface area contributed by atoms with E-state index in [0.29, 0.717) is 16.6 Å². The average molecular weight is 506 g/mol. The molecule has 4 nitrogen and oxygen atoms in total. The smallest absolute Gasteiger partial charge is 0.410 e. The molecule has 2 aromatic carbocycles. The maximum Gasteiger partial charge on any atom is 0.410 e. The van der Waals surface area contributed by atoms with Crippen molar-refractivity contribution in [1.29, 1.82) is 0 Å². The fourth-order valence-electron chi connectivity index (χ4n) is 5.78. The summed E-state index contributed by atoms with van der Waals surface area (Å²) in [6.07, 6.45) is 1.78. The maximum absolute atomic E-state index is 13.0. The van der Waals surface area contributed by atoms with Gasteiger partial charge in [0.05, 0.1) is 11.2 Å². The normalized spacial score (nSPS) is 23.9. The Balaban J connectivity index is 1.59. The second kappa shape index (κ2) is 8.28. The highest BCUT2D eigenvalue weighted by Crippen LogP contribution is 2.58. The second-order valence-electron chi connectivity index (χ2n) is 10.2. The minimum Gasteiger partial charge on any atom is -0.444 e. The predicted octanol–water partition coefficient (Wildman–Crippen LogP) is 7.46. The van der Waals surface area contributed by atoms with Gasteiger partial charge in [-0.1, -0.05) is 36.2 Å². The minimum absolute atomic E-state index is 0.0407. The average Bonchev–Trinajstić information content (AvgIpc) is 3.04. The van der Waals surface area contributed by atoms with Crippen molar-refractivity contribution in [2.45, 2.75) is 62.5 Å². The molecule has 3 aliphatic heterocycles. The van der Waals surface area contributed by atoms with Crippen LogP contribution in [0.2, 0.25) is 10.0 Å². The zero-order valence-corrected chi connectivity index (χ0v) is 21.9. The van der Waals surface area contributed by atoms with E-state index in [0.717, 1.165) is 42.8 Å². The lowest BCUT2D eigenvalue weighted by Gasteiger charge is -2.50. The highest BCUT2D eigenvalue weighted by atomic mass is 35.5. The van der Waals surface area contributed by atoms with Crippen molar-refractivity contribution in [2.75, 3.05) is 30.3 Å². The summed E-state index contributed by atoms with van der Waals surface area (Å²) in [5, 5.41) is 1.29. The molecule has 5 rings (SSSR count). The highest BCUT2D eigenvalue weighted by molar-refractivity contribution is 7.99. The van der Waals surface area contributed by atoms with Crippen LogP contribution >= 0.6 is 35.0 Å². The van der Waals surface area contributed by atoms with Crippen LogP contribution in [0.15, 0.2) is 35.2 Å². The van der Waals surface area contributed by atoms with Crippen LogP contribution in [0.3, 0.4) is 0 Å². The Hall–Kier alpha value is -1.56. The van der Waals surface area contributed by atoms with E-state index in [9.17, 15) is 4.79 Å². The van der Waals surface area contributed by atoms with Crippen LogP contribution in [0, 0.1) is 0 Å². The molecule has 0 spiro atoms. The van der Waals surface area contributed by atoms with Crippen LogP contribution < -0.4 is 4.90 Å². The van der Waals surface area contributed by atoms with Gasteiger partial charge in [0.2, 0.25) is 0 Å². The molecule has 2 aromatic rings. The predicted molar refractivity (Wildman–Crippen MR) is 138 cm³/mol. The Morgan fingerprint density at radius 2 is 2.00 bits per heavy atom. The van der Waals surface area contributed by atoms with Crippen molar-refractivity contribution in [3.05, 3.63) is 45.9 Å². The molecule has 0 aromatic heterocycles. The second-order valence-corrected chi connectivity index (χ2v) is 12.2. The molecule has 0 N–H and O–H groups in total. The molecule has 2 atom stereocenters. The number of amides is 1. The van der Waals surface area contributed by atoms with Gasteiger partial charge in [0.1, 0.15) is 5.60 Å². The number of hydrogen-bond acceptors (Lipinski definition) is 4. The Kier molecular flexibility index (Phi) is 5.82. The molecule has 1 fully saturated rings. The summed E-state index contributed by atoms with van der Waals surface area (Å²) in [6.45, 7) is 10.5. The molecule has 3 heterocycles. The molecule has 3 aliphatic rings. The number of nitrogens with zero attached hydrogens (tertiary/aromatic N) is 2. The van der Waals surface area contributed by atoms with Crippen molar-refractivity contribution >= 4 is 46.7 Å². The third kappa shape index (κ3) is 3.90. The monoisotopic (exact) mass is 504 g/mol. The molecule has 1 amide bonds. The van der Waals surface area contributed by atoms with Gasteiger partial charge in [0, 0.05) is 51.8 Å². The number of piperidine rings is 1. The zero-order chi connectivity index (χ0) is 23.5. The molecule has 33 heavy (non-hydrogen) atoms. The van der Waals surface area contributed by atoms with E-state index in [1.807, 2.05) is 49.6 Å². The summed E-state index contributed by atoms with van der Waals surface area (Å²) in [4.78, 5) is 18.8. The number of anilines is 1. The number of carbonyl (C=O) groups excluding carboxylic acids is 1. The van der Waals surface area contributed by atoms with E-state index in [1.165, 1.54) is 16.1 Å². The van der Waals surface area contributed by atoms with Crippen molar-refractivity contribution in [1.82, 2.24) is 4.90 Å². The van der Waals surface area contributed by atoms with Crippen LogP contribution in [-0.2, 0) is 4.74 Å². The van der Waals surface area contributed by atoms with Gasteiger partial charge in [0.25, 0.3) is 0 Å². The lowest BCUT2D eigenvalue weighted by atomic mass is 9.74. The van der Waals surface area contributed by atoms with E-state index in [-0.39, 0.29) is 17.6 Å². The first-order valence-corrected chi connectivity index (χ1v) is 13.4. The van der Waals surface area contributed by atoms with E-state index >= 15 is 0 Å². The molecular weight excluding hydrogens is 475 g/mol. The number of thioether (sulfide) groups is 1. The fraction of sp³-hybridized carbons (Fsp3) is 0.500. The van der Waals surface area contributed by atoms with Crippen LogP contribution in [0.1, 0.15) is 52.0 Å². The van der Waals surface area contributed by atoms with E-state index in [4.69, 9.17) is 27.9 Å². The van der Waals surface area contributed by atoms with Crippen molar-refractivity contribution in [3.8, 4) is 11.1 Å². The van der Waals surface area contributed by atoms with Crippen molar-refractivity contribution in [3.63, 3.8) is 0 Å². The number of benzene rings is 2. The van der Waals surface area contributed by atoms with Crippen molar-refractivity contribution < 1.29 is 9.53 Å². The van der Waals surface area contributed by atoms with E-state index in [2.05, 4.69) is 24.0 Å². The number of likely N-dealkylation sites (tertiary alicyclic amines) is 1. The van der Waals surface area contributed by atoms with Gasteiger partial charge >= 0.3 is 6.09 Å². The summed E-state index contributed by atoms with van der Waals surface area (Å²) >= 11 is 14.7. The molecule has 0 bridgehead atoms. The van der Waals surface area contributed by atoms with Crippen LogP contribution in [0.4, 0.5) is 10.5 Å². The van der Waals surface area contributed by atoms with Crippen LogP contribution in [-0.4, -0.2) is 47.5 Å². The standard InChI is InChI=1S/C26H30Cl2N2O2S/c1-5-26-8-9-29(24(31)32-25(2,3)4)15-20(26)19-12-16(18-7-6-17(27)14-21(18)28)13-22-23(19)30(26)10-11-33-22/h6-7,12-14,20H,5,8-11,15H2,1-4H3. The summed E-state index contributed by atoms with van der Waals surface area (Å²) in [5.74, 6) is 1.30. The third-order valence-corrected chi connectivity index (χ3v) is 8.79. The summed E-state index contributed by atoms with van der Waals surface area (Å²) in [7, 11) is 0. The number of carbonyl (C=O) groups is 1. The topological polar surface area (TPSA) is 32.8 Å². The molecule has 1 saturated heterocycles.